The highest BCUT2D eigenvalue weighted by molar-refractivity contribution is 6.09. The first-order chi connectivity index (χ1) is 20.4. The molecular weight excluding hydrogens is 534 g/mol. The Morgan fingerprint density at radius 1 is 0.905 bits per heavy atom. The number of carbonyl (C=O) groups is 2. The molecule has 0 atom stereocenters. The van der Waals surface area contributed by atoms with Gasteiger partial charge >= 0.3 is 0 Å². The average Bonchev–Trinajstić information content (AvgIpc) is 3.38. The zero-order valence-electron chi connectivity index (χ0n) is 23.2. The number of benzene rings is 4. The molecule has 6 rings (SSSR count). The lowest BCUT2D eigenvalue weighted by Gasteiger charge is -2.32. The molecule has 5 aromatic rings. The summed E-state index contributed by atoms with van der Waals surface area (Å²) in [5.74, 6) is -0.809. The van der Waals surface area contributed by atoms with Gasteiger partial charge in [-0.2, -0.15) is 0 Å². The maximum absolute atomic E-state index is 15.4. The van der Waals surface area contributed by atoms with Crippen LogP contribution in [0.25, 0.3) is 16.7 Å². The van der Waals surface area contributed by atoms with E-state index in [1.807, 2.05) is 36.4 Å². The lowest BCUT2D eigenvalue weighted by molar-refractivity contribution is -0.114. The number of imidazole rings is 1. The number of hydrogen-bond donors (Lipinski definition) is 1. The molecule has 1 saturated heterocycles. The molecule has 212 valence electrons. The number of carbonyl (C=O) groups excluding carboxylic acids is 2. The molecule has 0 aliphatic carbocycles. The van der Waals surface area contributed by atoms with E-state index in [-0.39, 0.29) is 23.1 Å². The van der Waals surface area contributed by atoms with E-state index in [1.165, 1.54) is 30.7 Å². The number of nitrogens with zero attached hydrogens (tertiary/aromatic N) is 3. The Hall–Kier alpha value is -4.69. The van der Waals surface area contributed by atoms with E-state index >= 15 is 4.39 Å². The van der Waals surface area contributed by atoms with Crippen molar-refractivity contribution < 1.29 is 18.4 Å². The SMILES string of the molecule is CC(=O)Nc1cccc(C2CCN(Cc3ccc(C(=O)c4nc5ccccc5n4-c4ccc(F)cc4)cc3F)CC2)c1. The Morgan fingerprint density at radius 3 is 2.40 bits per heavy atom. The Labute approximate surface area is 242 Å². The minimum atomic E-state index is -0.435. The Morgan fingerprint density at radius 2 is 1.67 bits per heavy atom. The van der Waals surface area contributed by atoms with E-state index in [0.29, 0.717) is 34.7 Å². The fourth-order valence-corrected chi connectivity index (χ4v) is 5.71. The third-order valence-electron chi connectivity index (χ3n) is 7.82. The van der Waals surface area contributed by atoms with Gasteiger partial charge in [-0.1, -0.05) is 36.4 Å². The Kier molecular flexibility index (Phi) is 7.63. The minimum absolute atomic E-state index is 0.0942. The normalized spacial score (nSPS) is 14.3. The smallest absolute Gasteiger partial charge is 0.228 e. The second-order valence-corrected chi connectivity index (χ2v) is 10.7. The molecule has 0 unspecified atom stereocenters. The summed E-state index contributed by atoms with van der Waals surface area (Å²) in [5, 5.41) is 2.84. The number of likely N-dealkylation sites (tertiary alicyclic amines) is 1. The number of piperidine rings is 1. The second kappa shape index (κ2) is 11.7. The van der Waals surface area contributed by atoms with Crippen LogP contribution < -0.4 is 5.32 Å². The van der Waals surface area contributed by atoms with Crippen LogP contribution in [0.4, 0.5) is 14.5 Å². The third kappa shape index (κ3) is 5.71. The predicted octanol–water partition coefficient (Wildman–Crippen LogP) is 6.87. The molecule has 0 bridgehead atoms. The van der Waals surface area contributed by atoms with Gasteiger partial charge in [-0.15, -0.1) is 0 Å². The molecule has 1 aromatic heterocycles. The summed E-state index contributed by atoms with van der Waals surface area (Å²) < 4.78 is 30.7. The predicted molar refractivity (Wildman–Crippen MR) is 159 cm³/mol. The maximum Gasteiger partial charge on any atom is 0.228 e. The lowest BCUT2D eigenvalue weighted by Crippen LogP contribution is -2.32. The highest BCUT2D eigenvalue weighted by Crippen LogP contribution is 2.31. The van der Waals surface area contributed by atoms with Crippen LogP contribution in [0.3, 0.4) is 0 Å². The zero-order valence-corrected chi connectivity index (χ0v) is 23.2. The van der Waals surface area contributed by atoms with Gasteiger partial charge in [0.15, 0.2) is 5.82 Å². The van der Waals surface area contributed by atoms with Crippen LogP contribution in [0.15, 0.2) is 91.0 Å². The number of para-hydroxylation sites is 2. The van der Waals surface area contributed by atoms with Crippen LogP contribution in [0.1, 0.15) is 53.0 Å². The second-order valence-electron chi connectivity index (χ2n) is 10.7. The van der Waals surface area contributed by atoms with Crippen LogP contribution in [0.2, 0.25) is 0 Å². The van der Waals surface area contributed by atoms with Crippen LogP contribution in [-0.4, -0.2) is 39.2 Å². The number of amides is 1. The minimum Gasteiger partial charge on any atom is -0.326 e. The molecule has 0 radical (unpaired) electrons. The molecule has 1 fully saturated rings. The molecule has 42 heavy (non-hydrogen) atoms. The molecule has 0 saturated carbocycles. The van der Waals surface area contributed by atoms with Gasteiger partial charge in [0.25, 0.3) is 0 Å². The van der Waals surface area contributed by atoms with Gasteiger partial charge in [-0.25, -0.2) is 13.8 Å². The van der Waals surface area contributed by atoms with Crippen molar-refractivity contribution in [3.8, 4) is 5.69 Å². The van der Waals surface area contributed by atoms with Crippen molar-refractivity contribution in [1.29, 1.82) is 0 Å². The summed E-state index contributed by atoms with van der Waals surface area (Å²) in [5.41, 5.74) is 4.64. The number of ketones is 1. The molecule has 1 aliphatic heterocycles. The van der Waals surface area contributed by atoms with Crippen LogP contribution in [0, 0.1) is 11.6 Å². The summed E-state index contributed by atoms with van der Waals surface area (Å²) in [4.78, 5) is 31.8. The van der Waals surface area contributed by atoms with E-state index in [9.17, 15) is 14.0 Å². The molecule has 2 heterocycles. The topological polar surface area (TPSA) is 67.2 Å². The van der Waals surface area contributed by atoms with Gasteiger partial charge in [-0.3, -0.25) is 19.1 Å². The molecule has 8 heteroatoms. The Balaban J connectivity index is 1.17. The van der Waals surface area contributed by atoms with Crippen molar-refractivity contribution in [2.75, 3.05) is 18.4 Å². The van der Waals surface area contributed by atoms with Crippen molar-refractivity contribution in [1.82, 2.24) is 14.5 Å². The fraction of sp³-hybridized carbons (Fsp3) is 0.206. The molecule has 1 N–H and O–H groups in total. The summed E-state index contributed by atoms with van der Waals surface area (Å²) in [6.07, 6.45) is 1.86. The average molecular weight is 565 g/mol. The van der Waals surface area contributed by atoms with Crippen LogP contribution >= 0.6 is 0 Å². The van der Waals surface area contributed by atoms with Crippen LogP contribution in [-0.2, 0) is 11.3 Å². The van der Waals surface area contributed by atoms with Gasteiger partial charge in [-0.05, 0) is 92.0 Å². The van der Waals surface area contributed by atoms with Crippen molar-refractivity contribution in [2.24, 2.45) is 0 Å². The van der Waals surface area contributed by atoms with E-state index in [2.05, 4.69) is 21.3 Å². The van der Waals surface area contributed by atoms with E-state index in [0.717, 1.165) is 31.6 Å². The van der Waals surface area contributed by atoms with Crippen molar-refractivity contribution in [2.45, 2.75) is 32.2 Å². The number of rotatable bonds is 7. The molecule has 1 aliphatic rings. The first-order valence-electron chi connectivity index (χ1n) is 14.0. The van der Waals surface area contributed by atoms with Crippen molar-refractivity contribution in [3.05, 3.63) is 125 Å². The quantitative estimate of drug-likeness (QED) is 0.219. The van der Waals surface area contributed by atoms with Gasteiger partial charge in [0.2, 0.25) is 11.7 Å². The molecule has 6 nitrogen and oxygen atoms in total. The number of aromatic nitrogens is 2. The summed E-state index contributed by atoms with van der Waals surface area (Å²) >= 11 is 0. The molecule has 1 amide bonds. The van der Waals surface area contributed by atoms with Crippen molar-refractivity contribution >= 4 is 28.4 Å². The number of hydrogen-bond acceptors (Lipinski definition) is 4. The summed E-state index contributed by atoms with van der Waals surface area (Å²) in [6, 6.07) is 25.7. The highest BCUT2D eigenvalue weighted by atomic mass is 19.1. The fourth-order valence-electron chi connectivity index (χ4n) is 5.71. The summed E-state index contributed by atoms with van der Waals surface area (Å²) in [7, 11) is 0. The van der Waals surface area contributed by atoms with Gasteiger partial charge in [0, 0.05) is 36.0 Å². The monoisotopic (exact) mass is 564 g/mol. The number of fused-ring (bicyclic) bond motifs is 1. The zero-order chi connectivity index (χ0) is 29.2. The molecule has 0 spiro atoms. The Bertz CT molecular complexity index is 1770. The molecule has 4 aromatic carbocycles. The largest absolute Gasteiger partial charge is 0.326 e. The van der Waals surface area contributed by atoms with Crippen LogP contribution in [0.5, 0.6) is 0 Å². The van der Waals surface area contributed by atoms with E-state index in [4.69, 9.17) is 0 Å². The maximum atomic E-state index is 15.4. The van der Waals surface area contributed by atoms with Gasteiger partial charge in [0.05, 0.1) is 11.0 Å². The first kappa shape index (κ1) is 27.5. The molecular formula is C34H30F2N4O2. The standard InChI is InChI=1S/C34H30F2N4O2/c1-22(41)37-28-6-4-5-24(19-28)23-15-17-39(18-16-23)21-26-10-9-25(20-30(26)36)33(42)34-38-31-7-2-3-8-32(31)40(34)29-13-11-27(35)12-14-29/h2-14,19-20,23H,15-18,21H2,1H3,(H,37,41). The first-order valence-corrected chi connectivity index (χ1v) is 14.0. The number of halogens is 2. The number of nitrogens with one attached hydrogen (secondary N) is 1. The van der Waals surface area contributed by atoms with E-state index < -0.39 is 11.6 Å². The third-order valence-corrected chi connectivity index (χ3v) is 7.82. The van der Waals surface area contributed by atoms with Gasteiger partial charge < -0.3 is 5.32 Å². The summed E-state index contributed by atoms with van der Waals surface area (Å²) in [6.45, 7) is 3.58. The lowest BCUT2D eigenvalue weighted by atomic mass is 9.89. The highest BCUT2D eigenvalue weighted by Gasteiger charge is 2.24. The van der Waals surface area contributed by atoms with Crippen molar-refractivity contribution in [3.63, 3.8) is 0 Å². The number of anilines is 1. The van der Waals surface area contributed by atoms with E-state index in [1.54, 1.807) is 34.9 Å². The van der Waals surface area contributed by atoms with Gasteiger partial charge in [0.1, 0.15) is 11.6 Å².